The second kappa shape index (κ2) is 8.68. The molecule has 3 rings (SSSR count). The molecule has 1 aliphatic rings. The SMILES string of the molecule is CCOC(=O)C1=C(c2ccccc2)NC(=S)N[C@H]1c1ccc(OCC)cc1. The van der Waals surface area contributed by atoms with Crippen LogP contribution in [-0.2, 0) is 9.53 Å². The zero-order chi connectivity index (χ0) is 19.2. The third-order valence-electron chi connectivity index (χ3n) is 4.15. The molecule has 1 aliphatic heterocycles. The highest BCUT2D eigenvalue weighted by molar-refractivity contribution is 7.80. The van der Waals surface area contributed by atoms with Crippen molar-refractivity contribution in [3.63, 3.8) is 0 Å². The first-order valence-corrected chi connectivity index (χ1v) is 9.31. The van der Waals surface area contributed by atoms with Crippen molar-refractivity contribution in [3.05, 3.63) is 71.3 Å². The van der Waals surface area contributed by atoms with Crippen LogP contribution >= 0.6 is 12.2 Å². The first kappa shape index (κ1) is 18.9. The third-order valence-corrected chi connectivity index (χ3v) is 4.37. The summed E-state index contributed by atoms with van der Waals surface area (Å²) < 4.78 is 10.8. The van der Waals surface area contributed by atoms with Gasteiger partial charge in [-0.25, -0.2) is 4.79 Å². The standard InChI is InChI=1S/C21H22N2O3S/c1-3-25-16-12-10-15(11-13-16)19-17(20(24)26-4-2)18(22-21(27)23-19)14-8-6-5-7-9-14/h5-13,19H,3-4H2,1-2H3,(H2,22,23,27)/t19-/m0/s1. The fourth-order valence-corrected chi connectivity index (χ4v) is 3.22. The first-order valence-electron chi connectivity index (χ1n) is 8.91. The smallest absolute Gasteiger partial charge is 0.338 e. The molecule has 27 heavy (non-hydrogen) atoms. The van der Waals surface area contributed by atoms with Gasteiger partial charge in [-0.3, -0.25) is 0 Å². The van der Waals surface area contributed by atoms with Crippen molar-refractivity contribution in [3.8, 4) is 5.75 Å². The largest absolute Gasteiger partial charge is 0.494 e. The van der Waals surface area contributed by atoms with Gasteiger partial charge in [-0.1, -0.05) is 42.5 Å². The van der Waals surface area contributed by atoms with E-state index in [1.54, 1.807) is 6.92 Å². The Morgan fingerprint density at radius 2 is 1.74 bits per heavy atom. The number of ether oxygens (including phenoxy) is 2. The molecular weight excluding hydrogens is 360 g/mol. The molecule has 1 heterocycles. The maximum Gasteiger partial charge on any atom is 0.338 e. The summed E-state index contributed by atoms with van der Waals surface area (Å²) in [6, 6.07) is 16.9. The van der Waals surface area contributed by atoms with Crippen molar-refractivity contribution in [2.45, 2.75) is 19.9 Å². The minimum absolute atomic E-state index is 0.296. The van der Waals surface area contributed by atoms with Crippen LogP contribution in [0.15, 0.2) is 60.2 Å². The van der Waals surface area contributed by atoms with Crippen molar-refractivity contribution in [2.75, 3.05) is 13.2 Å². The van der Waals surface area contributed by atoms with Crippen LogP contribution in [0.5, 0.6) is 5.75 Å². The van der Waals surface area contributed by atoms with E-state index in [4.69, 9.17) is 21.7 Å². The minimum atomic E-state index is -0.413. The highest BCUT2D eigenvalue weighted by atomic mass is 32.1. The van der Waals surface area contributed by atoms with Crippen LogP contribution in [0.1, 0.15) is 31.0 Å². The summed E-state index contributed by atoms with van der Waals surface area (Å²) in [6.07, 6.45) is 0. The molecule has 6 heteroatoms. The van der Waals surface area contributed by atoms with Crippen LogP contribution in [0.25, 0.3) is 5.70 Å². The lowest BCUT2D eigenvalue weighted by Crippen LogP contribution is -2.45. The molecular formula is C21H22N2O3S. The van der Waals surface area contributed by atoms with E-state index in [-0.39, 0.29) is 5.97 Å². The molecule has 5 nitrogen and oxygen atoms in total. The van der Waals surface area contributed by atoms with Crippen LogP contribution in [0.2, 0.25) is 0 Å². The molecule has 2 N–H and O–H groups in total. The molecule has 0 aromatic heterocycles. The van der Waals surface area contributed by atoms with E-state index >= 15 is 0 Å². The van der Waals surface area contributed by atoms with Crippen molar-refractivity contribution < 1.29 is 14.3 Å². The number of benzene rings is 2. The van der Waals surface area contributed by atoms with Gasteiger partial charge in [0.15, 0.2) is 5.11 Å². The Hall–Kier alpha value is -2.86. The number of hydrogen-bond donors (Lipinski definition) is 2. The molecule has 0 amide bonds. The number of rotatable bonds is 6. The Labute approximate surface area is 164 Å². The Bertz CT molecular complexity index is 847. The quantitative estimate of drug-likeness (QED) is 0.588. The van der Waals surface area contributed by atoms with Gasteiger partial charge >= 0.3 is 5.97 Å². The van der Waals surface area contributed by atoms with Crippen LogP contribution < -0.4 is 15.4 Å². The fraction of sp³-hybridized carbons (Fsp3) is 0.238. The molecule has 0 fully saturated rings. The van der Waals surface area contributed by atoms with Gasteiger partial charge in [0.1, 0.15) is 5.75 Å². The Balaban J connectivity index is 2.09. The lowest BCUT2D eigenvalue weighted by molar-refractivity contribution is -0.138. The van der Waals surface area contributed by atoms with Crippen molar-refractivity contribution in [1.82, 2.24) is 10.6 Å². The van der Waals surface area contributed by atoms with Crippen LogP contribution in [0.3, 0.4) is 0 Å². The molecule has 0 aliphatic carbocycles. The predicted octanol–water partition coefficient (Wildman–Crippen LogP) is 3.58. The van der Waals surface area contributed by atoms with Gasteiger partial charge in [-0.05, 0) is 49.3 Å². The fourth-order valence-electron chi connectivity index (χ4n) is 3.00. The topological polar surface area (TPSA) is 59.6 Å². The summed E-state index contributed by atoms with van der Waals surface area (Å²) >= 11 is 5.40. The molecule has 0 spiro atoms. The van der Waals surface area contributed by atoms with Gasteiger partial charge in [-0.15, -0.1) is 0 Å². The number of nitrogens with one attached hydrogen (secondary N) is 2. The minimum Gasteiger partial charge on any atom is -0.494 e. The summed E-state index contributed by atoms with van der Waals surface area (Å²) in [7, 11) is 0. The average Bonchev–Trinajstić information content (AvgIpc) is 2.69. The Kier molecular flexibility index (Phi) is 6.08. The summed E-state index contributed by atoms with van der Waals surface area (Å²) in [5, 5.41) is 6.78. The first-order chi connectivity index (χ1) is 13.1. The number of hydrogen-bond acceptors (Lipinski definition) is 4. The summed E-state index contributed by atoms with van der Waals surface area (Å²) in [5.74, 6) is 0.403. The summed E-state index contributed by atoms with van der Waals surface area (Å²) in [6.45, 7) is 4.63. The maximum atomic E-state index is 12.8. The van der Waals surface area contributed by atoms with E-state index < -0.39 is 6.04 Å². The molecule has 1 atom stereocenters. The number of esters is 1. The van der Waals surface area contributed by atoms with Gasteiger partial charge in [0.05, 0.1) is 30.5 Å². The van der Waals surface area contributed by atoms with Crippen molar-refractivity contribution in [1.29, 1.82) is 0 Å². The molecule has 0 bridgehead atoms. The zero-order valence-corrected chi connectivity index (χ0v) is 16.1. The zero-order valence-electron chi connectivity index (χ0n) is 15.3. The molecule has 0 saturated heterocycles. The van der Waals surface area contributed by atoms with E-state index in [2.05, 4.69) is 10.6 Å². The van der Waals surface area contributed by atoms with Gasteiger partial charge in [0.25, 0.3) is 0 Å². The highest BCUT2D eigenvalue weighted by Crippen LogP contribution is 2.32. The summed E-state index contributed by atoms with van der Waals surface area (Å²) in [4.78, 5) is 12.8. The molecule has 0 unspecified atom stereocenters. The van der Waals surface area contributed by atoms with Crippen LogP contribution in [-0.4, -0.2) is 24.3 Å². The van der Waals surface area contributed by atoms with Crippen LogP contribution in [0, 0.1) is 0 Å². The van der Waals surface area contributed by atoms with Crippen molar-refractivity contribution >= 4 is 29.0 Å². The average molecular weight is 382 g/mol. The number of carbonyl (C=O) groups is 1. The number of thiocarbonyl (C=S) groups is 1. The lowest BCUT2D eigenvalue weighted by Gasteiger charge is -2.31. The van der Waals surface area contributed by atoms with E-state index in [9.17, 15) is 4.79 Å². The molecule has 140 valence electrons. The Morgan fingerprint density at radius 3 is 2.37 bits per heavy atom. The van der Waals surface area contributed by atoms with E-state index in [1.807, 2.05) is 61.5 Å². The summed E-state index contributed by atoms with van der Waals surface area (Å²) in [5.41, 5.74) is 2.94. The van der Waals surface area contributed by atoms with E-state index in [1.165, 1.54) is 0 Å². The normalized spacial score (nSPS) is 16.4. The maximum absolute atomic E-state index is 12.8. The van der Waals surface area contributed by atoms with Gasteiger partial charge in [0.2, 0.25) is 0 Å². The Morgan fingerprint density at radius 1 is 1.04 bits per heavy atom. The van der Waals surface area contributed by atoms with Gasteiger partial charge < -0.3 is 20.1 Å². The molecule has 0 saturated carbocycles. The molecule has 0 radical (unpaired) electrons. The van der Waals surface area contributed by atoms with E-state index in [0.717, 1.165) is 16.9 Å². The second-order valence-electron chi connectivity index (χ2n) is 5.91. The second-order valence-corrected chi connectivity index (χ2v) is 6.32. The molecule has 2 aromatic carbocycles. The molecule has 2 aromatic rings. The van der Waals surface area contributed by atoms with E-state index in [0.29, 0.717) is 29.6 Å². The van der Waals surface area contributed by atoms with Gasteiger partial charge in [-0.2, -0.15) is 0 Å². The number of carbonyl (C=O) groups excluding carboxylic acids is 1. The predicted molar refractivity (Wildman–Crippen MR) is 109 cm³/mol. The highest BCUT2D eigenvalue weighted by Gasteiger charge is 2.33. The lowest BCUT2D eigenvalue weighted by atomic mass is 9.93. The van der Waals surface area contributed by atoms with Gasteiger partial charge in [0, 0.05) is 0 Å². The van der Waals surface area contributed by atoms with Crippen molar-refractivity contribution in [2.24, 2.45) is 0 Å². The van der Waals surface area contributed by atoms with Crippen LogP contribution in [0.4, 0.5) is 0 Å². The third kappa shape index (κ3) is 4.28. The monoisotopic (exact) mass is 382 g/mol.